The standard InChI is InChI=1S/C26H34N2O/c1-3-21-10-14-27(19-22(21)4-2)18-20-7-8-25-23(16-20)17-26(29-25)11-9-24-6-5-13-28(24)15-12-26/h3-4,7-8,16,24H,1-2,5-6,9-15,17-19H2. The molecule has 1 spiro atoms. The lowest BCUT2D eigenvalue weighted by atomic mass is 9.88. The van der Waals surface area contributed by atoms with E-state index in [2.05, 4.69) is 41.2 Å². The molecule has 154 valence electrons. The lowest BCUT2D eigenvalue weighted by Crippen LogP contribution is -2.35. The second-order valence-corrected chi connectivity index (χ2v) is 9.44. The molecule has 0 radical (unpaired) electrons. The summed E-state index contributed by atoms with van der Waals surface area (Å²) in [6.45, 7) is 13.5. The van der Waals surface area contributed by atoms with Crippen LogP contribution >= 0.6 is 0 Å². The summed E-state index contributed by atoms with van der Waals surface area (Å²) < 4.78 is 6.62. The van der Waals surface area contributed by atoms with Crippen molar-refractivity contribution >= 4 is 0 Å². The number of benzene rings is 1. The van der Waals surface area contributed by atoms with Crippen LogP contribution in [0, 0.1) is 0 Å². The highest BCUT2D eigenvalue weighted by atomic mass is 16.5. The van der Waals surface area contributed by atoms with E-state index in [4.69, 9.17) is 4.74 Å². The molecule has 0 bridgehead atoms. The topological polar surface area (TPSA) is 15.7 Å². The molecule has 0 saturated carbocycles. The first kappa shape index (κ1) is 19.1. The van der Waals surface area contributed by atoms with Gasteiger partial charge in [-0.05, 0) is 67.0 Å². The molecule has 2 atom stereocenters. The van der Waals surface area contributed by atoms with Crippen molar-refractivity contribution in [1.82, 2.24) is 9.80 Å². The van der Waals surface area contributed by atoms with Crippen LogP contribution in [0.3, 0.4) is 0 Å². The van der Waals surface area contributed by atoms with Gasteiger partial charge in [-0.15, -0.1) is 0 Å². The SMILES string of the molecule is C=CC1=C(C=C)CN(Cc2ccc3c(c2)CC2(CCC4CCCN4CC2)O3)CC1. The monoisotopic (exact) mass is 390 g/mol. The predicted octanol–water partition coefficient (Wildman–Crippen LogP) is 4.88. The summed E-state index contributed by atoms with van der Waals surface area (Å²) in [6.07, 6.45) is 12.6. The van der Waals surface area contributed by atoms with Crippen molar-refractivity contribution in [3.8, 4) is 5.75 Å². The van der Waals surface area contributed by atoms with Crippen molar-refractivity contribution in [2.45, 2.75) is 63.1 Å². The molecule has 1 aromatic rings. The van der Waals surface area contributed by atoms with Gasteiger partial charge in [-0.2, -0.15) is 0 Å². The van der Waals surface area contributed by atoms with Gasteiger partial charge in [0, 0.05) is 45.1 Å². The largest absolute Gasteiger partial charge is 0.487 e. The lowest BCUT2D eigenvalue weighted by Gasteiger charge is -2.29. The van der Waals surface area contributed by atoms with Gasteiger partial charge in [0.25, 0.3) is 0 Å². The molecule has 0 aromatic heterocycles. The van der Waals surface area contributed by atoms with E-state index in [1.807, 2.05) is 12.2 Å². The fourth-order valence-electron chi connectivity index (χ4n) is 5.97. The third kappa shape index (κ3) is 3.71. The molecule has 4 aliphatic rings. The normalized spacial score (nSPS) is 30.0. The van der Waals surface area contributed by atoms with Crippen molar-refractivity contribution in [1.29, 1.82) is 0 Å². The molecule has 0 N–H and O–H groups in total. The Morgan fingerprint density at radius 3 is 2.83 bits per heavy atom. The highest BCUT2D eigenvalue weighted by Crippen LogP contribution is 2.43. The molecule has 4 aliphatic heterocycles. The van der Waals surface area contributed by atoms with E-state index in [9.17, 15) is 0 Å². The van der Waals surface area contributed by atoms with E-state index in [1.54, 1.807) is 0 Å². The first-order valence-electron chi connectivity index (χ1n) is 11.4. The van der Waals surface area contributed by atoms with Crippen molar-refractivity contribution in [3.05, 3.63) is 65.8 Å². The summed E-state index contributed by atoms with van der Waals surface area (Å²) in [4.78, 5) is 5.24. The molecule has 1 aromatic carbocycles. The highest BCUT2D eigenvalue weighted by molar-refractivity contribution is 5.43. The molecular weight excluding hydrogens is 356 g/mol. The number of nitrogens with zero attached hydrogens (tertiary/aromatic N) is 2. The van der Waals surface area contributed by atoms with Gasteiger partial charge in [0.05, 0.1) is 0 Å². The second kappa shape index (κ2) is 7.77. The van der Waals surface area contributed by atoms with Crippen LogP contribution in [0.4, 0.5) is 0 Å². The van der Waals surface area contributed by atoms with E-state index in [1.165, 1.54) is 67.5 Å². The molecule has 0 amide bonds. The minimum atomic E-state index is 0.0496. The van der Waals surface area contributed by atoms with Crippen LogP contribution in [0.15, 0.2) is 54.7 Å². The second-order valence-electron chi connectivity index (χ2n) is 9.44. The maximum atomic E-state index is 6.62. The molecule has 2 unspecified atom stereocenters. The maximum absolute atomic E-state index is 6.62. The van der Waals surface area contributed by atoms with Crippen LogP contribution in [-0.4, -0.2) is 47.6 Å². The zero-order valence-corrected chi connectivity index (χ0v) is 17.7. The minimum absolute atomic E-state index is 0.0496. The number of allylic oxidation sites excluding steroid dienone is 1. The Labute approximate surface area is 175 Å². The summed E-state index contributed by atoms with van der Waals surface area (Å²) in [6, 6.07) is 7.72. The van der Waals surface area contributed by atoms with Gasteiger partial charge in [-0.1, -0.05) is 37.4 Å². The summed E-state index contributed by atoms with van der Waals surface area (Å²) in [5, 5.41) is 0. The number of rotatable bonds is 4. The Bertz CT molecular complexity index is 825. The fourth-order valence-corrected chi connectivity index (χ4v) is 5.97. The highest BCUT2D eigenvalue weighted by Gasteiger charge is 2.43. The minimum Gasteiger partial charge on any atom is -0.487 e. The summed E-state index contributed by atoms with van der Waals surface area (Å²) >= 11 is 0. The molecule has 0 aliphatic carbocycles. The van der Waals surface area contributed by atoms with E-state index >= 15 is 0 Å². The molecule has 29 heavy (non-hydrogen) atoms. The average Bonchev–Trinajstić information content (AvgIpc) is 3.30. The fraction of sp³-hybridized carbons (Fsp3) is 0.538. The van der Waals surface area contributed by atoms with E-state index in [0.717, 1.165) is 44.3 Å². The van der Waals surface area contributed by atoms with E-state index in [-0.39, 0.29) is 5.60 Å². The van der Waals surface area contributed by atoms with Gasteiger partial charge in [0.15, 0.2) is 0 Å². The first-order valence-corrected chi connectivity index (χ1v) is 11.4. The van der Waals surface area contributed by atoms with Crippen molar-refractivity contribution in [3.63, 3.8) is 0 Å². The van der Waals surface area contributed by atoms with Crippen LogP contribution in [0.1, 0.15) is 49.7 Å². The van der Waals surface area contributed by atoms with Crippen LogP contribution in [0.2, 0.25) is 0 Å². The zero-order chi connectivity index (χ0) is 19.8. The third-order valence-corrected chi connectivity index (χ3v) is 7.65. The van der Waals surface area contributed by atoms with Crippen LogP contribution < -0.4 is 4.74 Å². The number of fused-ring (bicyclic) bond motifs is 2. The van der Waals surface area contributed by atoms with Gasteiger partial charge in [0.1, 0.15) is 11.4 Å². The molecule has 2 fully saturated rings. The Morgan fingerprint density at radius 1 is 1.07 bits per heavy atom. The third-order valence-electron chi connectivity index (χ3n) is 7.65. The van der Waals surface area contributed by atoms with Crippen molar-refractivity contribution in [2.75, 3.05) is 26.2 Å². The lowest BCUT2D eigenvalue weighted by molar-refractivity contribution is 0.0771. The quantitative estimate of drug-likeness (QED) is 0.728. The van der Waals surface area contributed by atoms with Gasteiger partial charge in [-0.3, -0.25) is 4.90 Å². The van der Waals surface area contributed by atoms with Crippen molar-refractivity contribution < 1.29 is 4.74 Å². The average molecular weight is 391 g/mol. The van der Waals surface area contributed by atoms with Gasteiger partial charge < -0.3 is 9.64 Å². The number of ether oxygens (including phenoxy) is 1. The number of hydrogen-bond acceptors (Lipinski definition) is 3. The molecule has 3 heteroatoms. The van der Waals surface area contributed by atoms with E-state index in [0.29, 0.717) is 0 Å². The summed E-state index contributed by atoms with van der Waals surface area (Å²) in [7, 11) is 0. The Kier molecular flexibility index (Phi) is 5.13. The summed E-state index contributed by atoms with van der Waals surface area (Å²) in [5.74, 6) is 1.13. The Morgan fingerprint density at radius 2 is 1.97 bits per heavy atom. The smallest absolute Gasteiger partial charge is 0.123 e. The molecule has 2 saturated heterocycles. The van der Waals surface area contributed by atoms with Crippen molar-refractivity contribution in [2.24, 2.45) is 0 Å². The van der Waals surface area contributed by atoms with Crippen LogP contribution in [0.25, 0.3) is 0 Å². The Hall–Kier alpha value is -1.84. The molecule has 4 heterocycles. The van der Waals surface area contributed by atoms with E-state index < -0.39 is 0 Å². The van der Waals surface area contributed by atoms with Crippen LogP contribution in [0.5, 0.6) is 5.75 Å². The predicted molar refractivity (Wildman–Crippen MR) is 119 cm³/mol. The number of hydrogen-bond donors (Lipinski definition) is 0. The zero-order valence-electron chi connectivity index (χ0n) is 17.7. The van der Waals surface area contributed by atoms with Crippen LogP contribution in [-0.2, 0) is 13.0 Å². The van der Waals surface area contributed by atoms with Gasteiger partial charge in [-0.25, -0.2) is 0 Å². The first-order chi connectivity index (χ1) is 14.2. The van der Waals surface area contributed by atoms with Gasteiger partial charge >= 0.3 is 0 Å². The molecule has 3 nitrogen and oxygen atoms in total. The molecular formula is C26H34N2O. The van der Waals surface area contributed by atoms with Gasteiger partial charge in [0.2, 0.25) is 0 Å². The Balaban J connectivity index is 1.27. The molecule has 5 rings (SSSR count). The summed E-state index contributed by atoms with van der Waals surface area (Å²) in [5.41, 5.74) is 5.56. The maximum Gasteiger partial charge on any atom is 0.123 e.